The van der Waals surface area contributed by atoms with Gasteiger partial charge < -0.3 is 14.2 Å². The lowest BCUT2D eigenvalue weighted by molar-refractivity contribution is 0.0729. The van der Waals surface area contributed by atoms with Crippen LogP contribution in [0.4, 0.5) is 0 Å². The van der Waals surface area contributed by atoms with Crippen LogP contribution in [0.1, 0.15) is 35.7 Å². The molecule has 0 spiro atoms. The molecule has 0 saturated heterocycles. The molecule has 0 atom stereocenters. The third-order valence-corrected chi connectivity index (χ3v) is 4.42. The normalized spacial score (nSPS) is 10.6. The summed E-state index contributed by atoms with van der Waals surface area (Å²) < 4.78 is 17.1. The van der Waals surface area contributed by atoms with Crippen molar-refractivity contribution < 1.29 is 19.0 Å². The summed E-state index contributed by atoms with van der Waals surface area (Å²) in [6, 6.07) is 16.8. The summed E-state index contributed by atoms with van der Waals surface area (Å²) in [5.74, 6) is 1.39. The minimum atomic E-state index is -0.421. The van der Waals surface area contributed by atoms with Gasteiger partial charge in [0.1, 0.15) is 22.8 Å². The number of carbonyl (C=O) groups excluding carboxylic acids is 1. The van der Waals surface area contributed by atoms with Crippen LogP contribution in [-0.4, -0.2) is 19.7 Å². The van der Waals surface area contributed by atoms with Crippen LogP contribution in [0.3, 0.4) is 0 Å². The van der Waals surface area contributed by atoms with Crippen molar-refractivity contribution in [2.24, 2.45) is 0 Å². The maximum absolute atomic E-state index is 13.0. The molecule has 0 radical (unpaired) electrons. The average molecular weight is 364 g/mol. The number of benzene rings is 3. The number of fused-ring (bicyclic) bond motifs is 1. The Kier molecular flexibility index (Phi) is 5.97. The quantitative estimate of drug-likeness (QED) is 0.313. The van der Waals surface area contributed by atoms with Crippen LogP contribution in [-0.2, 0) is 0 Å². The zero-order valence-electron chi connectivity index (χ0n) is 16.0. The van der Waals surface area contributed by atoms with Gasteiger partial charge in [-0.05, 0) is 43.2 Å². The molecular formula is C23H24O4. The van der Waals surface area contributed by atoms with Crippen molar-refractivity contribution in [2.45, 2.75) is 26.7 Å². The Morgan fingerprint density at radius 1 is 1.00 bits per heavy atom. The Hall–Kier alpha value is -3.01. The number of esters is 1. The molecule has 140 valence electrons. The summed E-state index contributed by atoms with van der Waals surface area (Å²) in [7, 11) is 1.64. The molecular weight excluding hydrogens is 340 g/mol. The molecule has 3 rings (SSSR count). The number of hydrogen-bond acceptors (Lipinski definition) is 4. The molecule has 3 aromatic carbocycles. The highest BCUT2D eigenvalue weighted by molar-refractivity contribution is 6.05. The molecule has 0 bridgehead atoms. The Morgan fingerprint density at radius 2 is 1.78 bits per heavy atom. The van der Waals surface area contributed by atoms with E-state index in [1.165, 1.54) is 0 Å². The SMILES string of the molecule is CCCCOc1c(C(=O)Oc2ccccc2)c(C)cc2c(OC)cccc12. The molecule has 0 aliphatic carbocycles. The maximum atomic E-state index is 13.0. The first-order chi connectivity index (χ1) is 13.2. The summed E-state index contributed by atoms with van der Waals surface area (Å²) >= 11 is 0. The Balaban J connectivity index is 2.10. The van der Waals surface area contributed by atoms with Crippen LogP contribution in [0.25, 0.3) is 10.8 Å². The molecule has 0 saturated carbocycles. The van der Waals surface area contributed by atoms with Gasteiger partial charge >= 0.3 is 5.97 Å². The number of ether oxygens (including phenoxy) is 3. The van der Waals surface area contributed by atoms with Crippen LogP contribution in [0.2, 0.25) is 0 Å². The third-order valence-electron chi connectivity index (χ3n) is 4.42. The highest BCUT2D eigenvalue weighted by Crippen LogP contribution is 2.38. The molecule has 0 aliphatic heterocycles. The molecule has 0 unspecified atom stereocenters. The Labute approximate surface area is 159 Å². The standard InChI is InChI=1S/C23H24O4/c1-4-5-14-26-22-18-12-9-13-20(25-3)19(18)15-16(2)21(22)23(24)27-17-10-7-6-8-11-17/h6-13,15H,4-5,14H2,1-3H3. The van der Waals surface area contributed by atoms with Crippen LogP contribution < -0.4 is 14.2 Å². The second kappa shape index (κ2) is 8.58. The molecule has 4 nitrogen and oxygen atoms in total. The number of para-hydroxylation sites is 1. The van der Waals surface area contributed by atoms with Crippen molar-refractivity contribution in [1.29, 1.82) is 0 Å². The predicted molar refractivity (Wildman–Crippen MR) is 107 cm³/mol. The van der Waals surface area contributed by atoms with E-state index >= 15 is 0 Å². The van der Waals surface area contributed by atoms with Crippen LogP contribution in [0, 0.1) is 6.92 Å². The van der Waals surface area contributed by atoms with Crippen molar-refractivity contribution in [3.05, 3.63) is 65.7 Å². The first-order valence-corrected chi connectivity index (χ1v) is 9.16. The molecule has 3 aromatic rings. The van der Waals surface area contributed by atoms with Gasteiger partial charge in [0.05, 0.1) is 13.7 Å². The monoisotopic (exact) mass is 364 g/mol. The maximum Gasteiger partial charge on any atom is 0.347 e. The predicted octanol–water partition coefficient (Wildman–Crippen LogP) is 5.55. The smallest absolute Gasteiger partial charge is 0.347 e. The number of unbranched alkanes of at least 4 members (excludes halogenated alkanes) is 1. The molecule has 0 fully saturated rings. The lowest BCUT2D eigenvalue weighted by Crippen LogP contribution is -2.13. The summed E-state index contributed by atoms with van der Waals surface area (Å²) in [6.07, 6.45) is 1.92. The van der Waals surface area contributed by atoms with E-state index in [4.69, 9.17) is 14.2 Å². The minimum Gasteiger partial charge on any atom is -0.496 e. The highest BCUT2D eigenvalue weighted by Gasteiger charge is 2.22. The van der Waals surface area contributed by atoms with Crippen molar-refractivity contribution in [3.63, 3.8) is 0 Å². The van der Waals surface area contributed by atoms with Gasteiger partial charge in [0, 0.05) is 10.8 Å². The van der Waals surface area contributed by atoms with Gasteiger partial charge in [-0.1, -0.05) is 43.7 Å². The fourth-order valence-corrected chi connectivity index (χ4v) is 3.04. The van der Waals surface area contributed by atoms with Gasteiger partial charge in [-0.15, -0.1) is 0 Å². The minimum absolute atomic E-state index is 0.421. The Bertz CT molecular complexity index is 932. The fraction of sp³-hybridized carbons (Fsp3) is 0.261. The largest absolute Gasteiger partial charge is 0.496 e. The molecule has 27 heavy (non-hydrogen) atoms. The van der Waals surface area contributed by atoms with E-state index in [2.05, 4.69) is 6.92 Å². The highest BCUT2D eigenvalue weighted by atomic mass is 16.5. The second-order valence-corrected chi connectivity index (χ2v) is 6.36. The summed E-state index contributed by atoms with van der Waals surface area (Å²) in [5, 5.41) is 1.76. The van der Waals surface area contributed by atoms with E-state index in [1.807, 2.05) is 49.4 Å². The van der Waals surface area contributed by atoms with Crippen molar-refractivity contribution >= 4 is 16.7 Å². The Morgan fingerprint density at radius 3 is 2.48 bits per heavy atom. The van der Waals surface area contributed by atoms with Crippen LogP contribution >= 0.6 is 0 Å². The van der Waals surface area contributed by atoms with Gasteiger partial charge in [-0.2, -0.15) is 0 Å². The van der Waals surface area contributed by atoms with E-state index in [0.29, 0.717) is 23.7 Å². The number of aryl methyl sites for hydroxylation is 1. The van der Waals surface area contributed by atoms with Crippen LogP contribution in [0.15, 0.2) is 54.6 Å². The molecule has 0 aromatic heterocycles. The van der Waals surface area contributed by atoms with Crippen LogP contribution in [0.5, 0.6) is 17.2 Å². The summed E-state index contributed by atoms with van der Waals surface area (Å²) in [4.78, 5) is 13.0. The number of carbonyl (C=O) groups is 1. The summed E-state index contributed by atoms with van der Waals surface area (Å²) in [6.45, 7) is 4.53. The number of methoxy groups -OCH3 is 1. The number of rotatable bonds is 7. The van der Waals surface area contributed by atoms with Gasteiger partial charge in [-0.3, -0.25) is 0 Å². The number of hydrogen-bond donors (Lipinski definition) is 0. The second-order valence-electron chi connectivity index (χ2n) is 6.36. The van der Waals surface area contributed by atoms with E-state index in [1.54, 1.807) is 19.2 Å². The van der Waals surface area contributed by atoms with Gasteiger partial charge in [0.2, 0.25) is 0 Å². The van der Waals surface area contributed by atoms with E-state index < -0.39 is 5.97 Å². The molecule has 0 N–H and O–H groups in total. The topological polar surface area (TPSA) is 44.8 Å². The zero-order chi connectivity index (χ0) is 19.2. The third kappa shape index (κ3) is 4.05. The molecule has 0 heterocycles. The van der Waals surface area contributed by atoms with Gasteiger partial charge in [0.15, 0.2) is 0 Å². The lowest BCUT2D eigenvalue weighted by atomic mass is 9.99. The molecule has 0 aliphatic rings. The van der Waals surface area contributed by atoms with Gasteiger partial charge in [0.25, 0.3) is 0 Å². The lowest BCUT2D eigenvalue weighted by Gasteiger charge is -2.17. The fourth-order valence-electron chi connectivity index (χ4n) is 3.04. The average Bonchev–Trinajstić information content (AvgIpc) is 2.68. The van der Waals surface area contributed by atoms with Crippen molar-refractivity contribution in [3.8, 4) is 17.2 Å². The first kappa shape index (κ1) is 18.8. The van der Waals surface area contributed by atoms with Crippen molar-refractivity contribution in [2.75, 3.05) is 13.7 Å². The van der Waals surface area contributed by atoms with E-state index in [9.17, 15) is 4.79 Å². The van der Waals surface area contributed by atoms with E-state index in [0.717, 1.165) is 34.9 Å². The van der Waals surface area contributed by atoms with E-state index in [-0.39, 0.29) is 0 Å². The first-order valence-electron chi connectivity index (χ1n) is 9.16. The zero-order valence-corrected chi connectivity index (χ0v) is 16.0. The van der Waals surface area contributed by atoms with Gasteiger partial charge in [-0.25, -0.2) is 4.79 Å². The molecule has 0 amide bonds. The summed E-state index contributed by atoms with van der Waals surface area (Å²) in [5.41, 5.74) is 1.25. The molecule has 4 heteroatoms. The van der Waals surface area contributed by atoms with Crippen molar-refractivity contribution in [1.82, 2.24) is 0 Å².